The van der Waals surface area contributed by atoms with Crippen LogP contribution in [0.25, 0.3) is 17.3 Å². The van der Waals surface area contributed by atoms with E-state index in [4.69, 9.17) is 4.74 Å². The first kappa shape index (κ1) is 23.0. The summed E-state index contributed by atoms with van der Waals surface area (Å²) in [6.45, 7) is 8.92. The number of hydrogen-bond donors (Lipinski definition) is 0. The van der Waals surface area contributed by atoms with E-state index in [1.165, 1.54) is 12.8 Å². The molecule has 0 aliphatic rings. The van der Waals surface area contributed by atoms with Crippen molar-refractivity contribution >= 4 is 6.08 Å². The van der Waals surface area contributed by atoms with Crippen molar-refractivity contribution in [3.05, 3.63) is 72.2 Å². The van der Waals surface area contributed by atoms with Gasteiger partial charge in [-0.25, -0.2) is 4.39 Å². The number of aromatic nitrogens is 1. The third kappa shape index (κ3) is 8.33. The fourth-order valence-electron chi connectivity index (χ4n) is 3.16. The third-order valence-electron chi connectivity index (χ3n) is 4.93. The van der Waals surface area contributed by atoms with Crippen molar-refractivity contribution in [2.24, 2.45) is 0 Å². The SMILES string of the molecule is C=CCc1ccc(-c2ccc(C=CCCCC(C)OCCCCC)c(F)c2)nc1. The van der Waals surface area contributed by atoms with Crippen molar-refractivity contribution < 1.29 is 9.13 Å². The van der Waals surface area contributed by atoms with Crippen molar-refractivity contribution in [2.45, 2.75) is 64.9 Å². The van der Waals surface area contributed by atoms with E-state index in [-0.39, 0.29) is 5.82 Å². The van der Waals surface area contributed by atoms with Gasteiger partial charge in [0, 0.05) is 23.9 Å². The number of pyridine rings is 1. The molecule has 0 spiro atoms. The summed E-state index contributed by atoms with van der Waals surface area (Å²) in [5, 5.41) is 0. The topological polar surface area (TPSA) is 22.1 Å². The van der Waals surface area contributed by atoms with Crippen molar-refractivity contribution in [1.29, 1.82) is 0 Å². The lowest BCUT2D eigenvalue weighted by atomic mass is 10.1. The zero-order chi connectivity index (χ0) is 20.9. The highest BCUT2D eigenvalue weighted by Crippen LogP contribution is 2.21. The standard InChI is InChI=1S/C26H34FNO/c1-4-6-10-18-29-21(3)12-8-7-9-13-23-15-16-24(19-25(23)27)26-17-14-22(11-5-2)20-28-26/h5,9,13-17,19-21H,2,4,6-8,10-12,18H2,1,3H3. The average Bonchev–Trinajstić information content (AvgIpc) is 2.73. The molecule has 0 fully saturated rings. The Hall–Kier alpha value is -2.26. The molecule has 0 bridgehead atoms. The molecule has 1 heterocycles. The van der Waals surface area contributed by atoms with E-state index in [1.54, 1.807) is 6.07 Å². The Bertz CT molecular complexity index is 767. The highest BCUT2D eigenvalue weighted by molar-refractivity contribution is 5.63. The molecule has 1 aromatic heterocycles. The monoisotopic (exact) mass is 395 g/mol. The third-order valence-corrected chi connectivity index (χ3v) is 4.93. The van der Waals surface area contributed by atoms with Crippen LogP contribution in [0.3, 0.4) is 0 Å². The number of benzene rings is 1. The molecule has 1 aromatic carbocycles. The minimum Gasteiger partial charge on any atom is -0.379 e. The second-order valence-corrected chi connectivity index (χ2v) is 7.50. The molecule has 1 unspecified atom stereocenters. The van der Waals surface area contributed by atoms with Crippen LogP contribution in [0.15, 0.2) is 55.3 Å². The second-order valence-electron chi connectivity index (χ2n) is 7.50. The molecule has 3 heteroatoms. The van der Waals surface area contributed by atoms with Crippen molar-refractivity contribution in [1.82, 2.24) is 4.98 Å². The molecule has 29 heavy (non-hydrogen) atoms. The molecule has 2 rings (SSSR count). The van der Waals surface area contributed by atoms with Gasteiger partial charge >= 0.3 is 0 Å². The quantitative estimate of drug-likeness (QED) is 0.260. The lowest BCUT2D eigenvalue weighted by Crippen LogP contribution is -2.08. The van der Waals surface area contributed by atoms with Crippen LogP contribution >= 0.6 is 0 Å². The Balaban J connectivity index is 1.80. The van der Waals surface area contributed by atoms with E-state index in [9.17, 15) is 4.39 Å². The van der Waals surface area contributed by atoms with Gasteiger partial charge in [0.25, 0.3) is 0 Å². The fourth-order valence-corrected chi connectivity index (χ4v) is 3.16. The first-order valence-corrected chi connectivity index (χ1v) is 10.8. The van der Waals surface area contributed by atoms with Gasteiger partial charge in [-0.15, -0.1) is 6.58 Å². The summed E-state index contributed by atoms with van der Waals surface area (Å²) in [6, 6.07) is 9.23. The maximum atomic E-state index is 14.5. The average molecular weight is 396 g/mol. The summed E-state index contributed by atoms with van der Waals surface area (Å²) in [5.41, 5.74) is 3.28. The molecular formula is C26H34FNO. The molecule has 0 aliphatic heterocycles. The van der Waals surface area contributed by atoms with Crippen LogP contribution in [0.1, 0.15) is 63.5 Å². The number of nitrogens with zero attached hydrogens (tertiary/aromatic N) is 1. The molecular weight excluding hydrogens is 361 g/mol. The van der Waals surface area contributed by atoms with E-state index >= 15 is 0 Å². The Labute approximate surface area is 175 Å². The number of ether oxygens (including phenoxy) is 1. The van der Waals surface area contributed by atoms with Crippen LogP contribution in [-0.4, -0.2) is 17.7 Å². The zero-order valence-electron chi connectivity index (χ0n) is 17.9. The summed E-state index contributed by atoms with van der Waals surface area (Å²) in [6.07, 6.45) is 15.3. The van der Waals surface area contributed by atoms with E-state index < -0.39 is 0 Å². The molecule has 156 valence electrons. The van der Waals surface area contributed by atoms with Gasteiger partial charge in [-0.1, -0.05) is 56.2 Å². The summed E-state index contributed by atoms with van der Waals surface area (Å²) in [5.74, 6) is -0.219. The van der Waals surface area contributed by atoms with E-state index in [2.05, 4.69) is 25.4 Å². The molecule has 2 aromatic rings. The minimum atomic E-state index is -0.219. The van der Waals surface area contributed by atoms with Crippen LogP contribution in [0.5, 0.6) is 0 Å². The normalized spacial score (nSPS) is 12.4. The largest absolute Gasteiger partial charge is 0.379 e. The number of rotatable bonds is 13. The first-order chi connectivity index (χ1) is 14.1. The predicted molar refractivity (Wildman–Crippen MR) is 121 cm³/mol. The fraction of sp³-hybridized carbons (Fsp3) is 0.423. The van der Waals surface area contributed by atoms with Gasteiger partial charge in [-0.2, -0.15) is 0 Å². The number of hydrogen-bond acceptors (Lipinski definition) is 2. The van der Waals surface area contributed by atoms with Gasteiger partial charge in [-0.05, 0) is 56.7 Å². The Morgan fingerprint density at radius 2 is 2.03 bits per heavy atom. The Kier molecular flexibility index (Phi) is 10.4. The van der Waals surface area contributed by atoms with Gasteiger partial charge in [0.1, 0.15) is 5.82 Å². The van der Waals surface area contributed by atoms with Crippen molar-refractivity contribution in [3.8, 4) is 11.3 Å². The van der Waals surface area contributed by atoms with E-state index in [1.807, 2.05) is 48.7 Å². The van der Waals surface area contributed by atoms with Crippen molar-refractivity contribution in [2.75, 3.05) is 6.61 Å². The summed E-state index contributed by atoms with van der Waals surface area (Å²) < 4.78 is 20.3. The molecule has 2 nitrogen and oxygen atoms in total. The predicted octanol–water partition coefficient (Wildman–Crippen LogP) is 7.40. The maximum Gasteiger partial charge on any atom is 0.131 e. The van der Waals surface area contributed by atoms with Crippen LogP contribution in [-0.2, 0) is 11.2 Å². The van der Waals surface area contributed by atoms with Crippen LogP contribution in [0.4, 0.5) is 4.39 Å². The lowest BCUT2D eigenvalue weighted by Gasteiger charge is -2.12. The molecule has 1 atom stereocenters. The van der Waals surface area contributed by atoms with Gasteiger partial charge in [0.05, 0.1) is 11.8 Å². The Morgan fingerprint density at radius 3 is 2.72 bits per heavy atom. The van der Waals surface area contributed by atoms with Gasteiger partial charge < -0.3 is 4.74 Å². The molecule has 0 saturated carbocycles. The molecule has 0 radical (unpaired) electrons. The van der Waals surface area contributed by atoms with Crippen LogP contribution in [0.2, 0.25) is 0 Å². The summed E-state index contributed by atoms with van der Waals surface area (Å²) in [7, 11) is 0. The van der Waals surface area contributed by atoms with Gasteiger partial charge in [0.2, 0.25) is 0 Å². The summed E-state index contributed by atoms with van der Waals surface area (Å²) in [4.78, 5) is 4.43. The molecule has 0 aliphatic carbocycles. The molecule has 0 amide bonds. The number of unbranched alkanes of at least 4 members (excludes halogenated alkanes) is 3. The Morgan fingerprint density at radius 1 is 1.17 bits per heavy atom. The van der Waals surface area contributed by atoms with Crippen molar-refractivity contribution in [3.63, 3.8) is 0 Å². The van der Waals surface area contributed by atoms with E-state index in [0.717, 1.165) is 55.5 Å². The molecule has 0 saturated heterocycles. The van der Waals surface area contributed by atoms with Gasteiger partial charge in [-0.3, -0.25) is 4.98 Å². The smallest absolute Gasteiger partial charge is 0.131 e. The highest BCUT2D eigenvalue weighted by Gasteiger charge is 2.05. The summed E-state index contributed by atoms with van der Waals surface area (Å²) >= 11 is 0. The molecule has 0 N–H and O–H groups in total. The van der Waals surface area contributed by atoms with Crippen LogP contribution < -0.4 is 0 Å². The number of allylic oxidation sites excluding steroid dienone is 2. The lowest BCUT2D eigenvalue weighted by molar-refractivity contribution is 0.0566. The zero-order valence-corrected chi connectivity index (χ0v) is 17.9. The number of halogens is 1. The highest BCUT2D eigenvalue weighted by atomic mass is 19.1. The maximum absolute atomic E-state index is 14.5. The first-order valence-electron chi connectivity index (χ1n) is 10.8. The second kappa shape index (κ2) is 13.1. The van der Waals surface area contributed by atoms with E-state index in [0.29, 0.717) is 11.7 Å². The minimum absolute atomic E-state index is 0.219. The van der Waals surface area contributed by atoms with Gasteiger partial charge in [0.15, 0.2) is 0 Å². The van der Waals surface area contributed by atoms with Crippen LogP contribution in [0, 0.1) is 5.82 Å².